The number of aromatic nitrogens is 2. The molecule has 0 saturated heterocycles. The molecule has 3 aromatic rings. The molecule has 0 unspecified atom stereocenters. The van der Waals surface area contributed by atoms with Crippen molar-refractivity contribution in [1.82, 2.24) is 9.78 Å². The molecule has 0 fully saturated rings. The first-order valence-electron chi connectivity index (χ1n) is 8.15. The van der Waals surface area contributed by atoms with Gasteiger partial charge in [0.15, 0.2) is 0 Å². The monoisotopic (exact) mass is 351 g/mol. The Bertz CT molecular complexity index is 842. The highest BCUT2D eigenvalue weighted by Gasteiger charge is 2.06. The topological polar surface area (TPSA) is 46.9 Å². The van der Waals surface area contributed by atoms with Crippen LogP contribution in [-0.4, -0.2) is 21.4 Å². The first kappa shape index (κ1) is 17.3. The van der Waals surface area contributed by atoms with E-state index < -0.39 is 0 Å². The van der Waals surface area contributed by atoms with Crippen molar-refractivity contribution in [3.63, 3.8) is 0 Å². The van der Waals surface area contributed by atoms with Crippen LogP contribution in [0.2, 0.25) is 0 Å². The maximum Gasteiger partial charge on any atom is 0.234 e. The minimum absolute atomic E-state index is 0.0341. The maximum atomic E-state index is 12.1. The number of hydrogen-bond acceptors (Lipinski definition) is 3. The van der Waals surface area contributed by atoms with Gasteiger partial charge in [-0.15, -0.1) is 11.8 Å². The van der Waals surface area contributed by atoms with Crippen molar-refractivity contribution in [2.45, 2.75) is 19.6 Å². The first-order chi connectivity index (χ1) is 12.1. The molecule has 0 spiro atoms. The number of benzene rings is 2. The minimum Gasteiger partial charge on any atom is -0.325 e. The Morgan fingerprint density at radius 3 is 2.68 bits per heavy atom. The number of anilines is 1. The van der Waals surface area contributed by atoms with Crippen molar-refractivity contribution in [2.75, 3.05) is 11.1 Å². The zero-order valence-corrected chi connectivity index (χ0v) is 15.2. The van der Waals surface area contributed by atoms with Gasteiger partial charge in [-0.2, -0.15) is 5.10 Å². The van der Waals surface area contributed by atoms with Gasteiger partial charge in [0, 0.05) is 23.8 Å². The summed E-state index contributed by atoms with van der Waals surface area (Å²) in [4.78, 5) is 12.1. The summed E-state index contributed by atoms with van der Waals surface area (Å²) in [5.74, 6) is 1.28. The van der Waals surface area contributed by atoms with Crippen LogP contribution in [0.4, 0.5) is 5.69 Å². The van der Waals surface area contributed by atoms with E-state index in [4.69, 9.17) is 0 Å². The molecular formula is C20H21N3OS. The van der Waals surface area contributed by atoms with Gasteiger partial charge in [0.1, 0.15) is 0 Å². The van der Waals surface area contributed by atoms with Crippen LogP contribution in [0.3, 0.4) is 0 Å². The van der Waals surface area contributed by atoms with E-state index in [9.17, 15) is 4.79 Å². The molecule has 0 aliphatic rings. The number of nitrogens with one attached hydrogen (secondary N) is 1. The summed E-state index contributed by atoms with van der Waals surface area (Å²) in [5, 5.41) is 7.21. The lowest BCUT2D eigenvalue weighted by Gasteiger charge is -2.09. The van der Waals surface area contributed by atoms with E-state index in [2.05, 4.69) is 22.5 Å². The normalized spacial score (nSPS) is 10.6. The molecule has 5 heteroatoms. The highest BCUT2D eigenvalue weighted by atomic mass is 32.2. The van der Waals surface area contributed by atoms with Crippen LogP contribution in [-0.2, 0) is 10.5 Å². The smallest absolute Gasteiger partial charge is 0.234 e. The number of amides is 1. The molecule has 0 aliphatic heterocycles. The predicted octanol–water partition coefficient (Wildman–Crippen LogP) is 4.36. The summed E-state index contributed by atoms with van der Waals surface area (Å²) in [6, 6.07) is 16.2. The van der Waals surface area contributed by atoms with Crippen LogP contribution in [0.25, 0.3) is 5.69 Å². The van der Waals surface area contributed by atoms with E-state index in [0.29, 0.717) is 5.75 Å². The van der Waals surface area contributed by atoms with Crippen molar-refractivity contribution >= 4 is 23.4 Å². The van der Waals surface area contributed by atoms with Gasteiger partial charge in [-0.1, -0.05) is 24.3 Å². The molecule has 3 rings (SSSR count). The standard InChI is InChI=1S/C20H21N3OS/c1-15-4-5-16(2)19(12-15)22-20(24)14-25-13-17-6-8-18(9-7-17)23-11-3-10-21-23/h3-12H,13-14H2,1-2H3,(H,22,24). The van der Waals surface area contributed by atoms with Gasteiger partial charge in [-0.3, -0.25) is 4.79 Å². The van der Waals surface area contributed by atoms with Gasteiger partial charge in [-0.25, -0.2) is 4.68 Å². The molecule has 0 radical (unpaired) electrons. The second-order valence-corrected chi connectivity index (χ2v) is 6.96. The molecule has 2 aromatic carbocycles. The van der Waals surface area contributed by atoms with E-state index in [1.54, 1.807) is 18.0 Å². The Labute approximate surface area is 152 Å². The van der Waals surface area contributed by atoms with Gasteiger partial charge < -0.3 is 5.32 Å². The van der Waals surface area contributed by atoms with Crippen LogP contribution in [0.15, 0.2) is 60.9 Å². The molecule has 1 heterocycles. The molecule has 128 valence electrons. The van der Waals surface area contributed by atoms with Gasteiger partial charge in [0.05, 0.1) is 11.4 Å². The molecule has 1 aromatic heterocycles. The van der Waals surface area contributed by atoms with E-state index in [1.165, 1.54) is 5.56 Å². The number of carbonyl (C=O) groups excluding carboxylic acids is 1. The summed E-state index contributed by atoms with van der Waals surface area (Å²) >= 11 is 1.61. The first-order valence-corrected chi connectivity index (χ1v) is 9.31. The molecule has 0 aliphatic carbocycles. The van der Waals surface area contributed by atoms with Crippen LogP contribution < -0.4 is 5.32 Å². The molecule has 0 atom stereocenters. The molecule has 1 amide bonds. The Kier molecular flexibility index (Phi) is 5.56. The van der Waals surface area contributed by atoms with E-state index in [0.717, 1.165) is 28.3 Å². The maximum absolute atomic E-state index is 12.1. The fraction of sp³-hybridized carbons (Fsp3) is 0.200. The number of thioether (sulfide) groups is 1. The number of aryl methyl sites for hydroxylation is 2. The number of nitrogens with zero attached hydrogens (tertiary/aromatic N) is 2. The van der Waals surface area contributed by atoms with Crippen molar-refractivity contribution in [3.8, 4) is 5.69 Å². The molecule has 1 N–H and O–H groups in total. The SMILES string of the molecule is Cc1ccc(C)c(NC(=O)CSCc2ccc(-n3cccn3)cc2)c1. The Balaban J connectivity index is 1.49. The average Bonchev–Trinajstić information content (AvgIpc) is 3.13. The summed E-state index contributed by atoms with van der Waals surface area (Å²) in [6.07, 6.45) is 3.68. The lowest BCUT2D eigenvalue weighted by atomic mass is 10.1. The summed E-state index contributed by atoms with van der Waals surface area (Å²) in [7, 11) is 0. The lowest BCUT2D eigenvalue weighted by molar-refractivity contribution is -0.113. The van der Waals surface area contributed by atoms with E-state index in [1.807, 2.05) is 61.1 Å². The Morgan fingerprint density at radius 1 is 1.16 bits per heavy atom. The number of hydrogen-bond donors (Lipinski definition) is 1. The van der Waals surface area contributed by atoms with Gasteiger partial charge in [-0.05, 0) is 54.8 Å². The third-order valence-electron chi connectivity index (χ3n) is 3.87. The van der Waals surface area contributed by atoms with Crippen LogP contribution in [0, 0.1) is 13.8 Å². The van der Waals surface area contributed by atoms with Gasteiger partial charge >= 0.3 is 0 Å². The second kappa shape index (κ2) is 8.03. The van der Waals surface area contributed by atoms with Crippen LogP contribution in [0.1, 0.15) is 16.7 Å². The number of rotatable bonds is 6. The highest BCUT2D eigenvalue weighted by molar-refractivity contribution is 7.99. The van der Waals surface area contributed by atoms with Gasteiger partial charge in [0.2, 0.25) is 5.91 Å². The van der Waals surface area contributed by atoms with Crippen LogP contribution >= 0.6 is 11.8 Å². The molecule has 4 nitrogen and oxygen atoms in total. The zero-order chi connectivity index (χ0) is 17.6. The van der Waals surface area contributed by atoms with Gasteiger partial charge in [0.25, 0.3) is 0 Å². The number of carbonyl (C=O) groups is 1. The quantitative estimate of drug-likeness (QED) is 0.718. The fourth-order valence-electron chi connectivity index (χ4n) is 2.48. The second-order valence-electron chi connectivity index (χ2n) is 5.98. The third-order valence-corrected chi connectivity index (χ3v) is 4.88. The Hall–Kier alpha value is -2.53. The molecule has 0 saturated carbocycles. The third kappa shape index (κ3) is 4.73. The van der Waals surface area contributed by atoms with Crippen molar-refractivity contribution < 1.29 is 4.79 Å². The van der Waals surface area contributed by atoms with Crippen LogP contribution in [0.5, 0.6) is 0 Å². The van der Waals surface area contributed by atoms with E-state index in [-0.39, 0.29) is 5.91 Å². The van der Waals surface area contributed by atoms with Crippen molar-refractivity contribution in [1.29, 1.82) is 0 Å². The average molecular weight is 351 g/mol. The summed E-state index contributed by atoms with van der Waals surface area (Å²) in [5.41, 5.74) is 5.35. The molecule has 0 bridgehead atoms. The minimum atomic E-state index is 0.0341. The summed E-state index contributed by atoms with van der Waals surface area (Å²) in [6.45, 7) is 4.03. The summed E-state index contributed by atoms with van der Waals surface area (Å²) < 4.78 is 1.83. The van der Waals surface area contributed by atoms with E-state index >= 15 is 0 Å². The molecular weight excluding hydrogens is 330 g/mol. The van der Waals surface area contributed by atoms with Crippen molar-refractivity contribution in [3.05, 3.63) is 77.6 Å². The highest BCUT2D eigenvalue weighted by Crippen LogP contribution is 2.18. The lowest BCUT2D eigenvalue weighted by Crippen LogP contribution is -2.15. The fourth-order valence-corrected chi connectivity index (χ4v) is 3.27. The predicted molar refractivity (Wildman–Crippen MR) is 104 cm³/mol. The molecule has 25 heavy (non-hydrogen) atoms. The Morgan fingerprint density at radius 2 is 1.96 bits per heavy atom. The zero-order valence-electron chi connectivity index (χ0n) is 14.4. The van der Waals surface area contributed by atoms with Crippen molar-refractivity contribution in [2.24, 2.45) is 0 Å². The largest absolute Gasteiger partial charge is 0.325 e.